The van der Waals surface area contributed by atoms with E-state index in [1.807, 2.05) is 0 Å². The molecule has 152 valence electrons. The third-order valence-corrected chi connectivity index (χ3v) is 5.03. The van der Waals surface area contributed by atoms with E-state index in [0.717, 1.165) is 12.1 Å². The van der Waals surface area contributed by atoms with Gasteiger partial charge in [0, 0.05) is 24.0 Å². The second-order valence-corrected chi connectivity index (χ2v) is 7.13. The number of nitrogens with zero attached hydrogens (tertiary/aromatic N) is 1. The number of anilines is 1. The second-order valence-electron chi connectivity index (χ2n) is 7.13. The Hall–Kier alpha value is -2.77. The van der Waals surface area contributed by atoms with Gasteiger partial charge >= 0.3 is 6.18 Å². The van der Waals surface area contributed by atoms with Crippen LogP contribution in [0.1, 0.15) is 29.5 Å². The number of halogens is 6. The number of hydrogen-bond donors (Lipinski definition) is 1. The van der Waals surface area contributed by atoms with Gasteiger partial charge in [0.05, 0.1) is 5.56 Å². The number of hydrogen-bond acceptors (Lipinski definition) is 2. The Kier molecular flexibility index (Phi) is 4.67. The lowest BCUT2D eigenvalue weighted by Gasteiger charge is -2.18. The van der Waals surface area contributed by atoms with E-state index in [4.69, 9.17) is 0 Å². The zero-order valence-corrected chi connectivity index (χ0v) is 15.0. The topological polar surface area (TPSA) is 24.9 Å². The fourth-order valence-corrected chi connectivity index (χ4v) is 3.37. The van der Waals surface area contributed by atoms with Crippen molar-refractivity contribution in [3.8, 4) is 0 Å². The van der Waals surface area contributed by atoms with Gasteiger partial charge in [0.15, 0.2) is 0 Å². The van der Waals surface area contributed by atoms with Gasteiger partial charge in [-0.1, -0.05) is 30.3 Å². The van der Waals surface area contributed by atoms with E-state index in [1.165, 1.54) is 30.5 Å². The predicted octanol–water partition coefficient (Wildman–Crippen LogP) is 6.51. The first-order valence-corrected chi connectivity index (χ1v) is 9.03. The standard InChI is InChI=1S/C21H16F6N2/c22-17-9-12(5-8-16(17)20(23,24)14-6-7-14)10-28-19-18(21(25,26)27)15-4-2-1-3-13(15)11-29-19/h1-5,8-9,11,14H,6-7,10H2,(H,28,29). The van der Waals surface area contributed by atoms with Crippen molar-refractivity contribution in [1.29, 1.82) is 0 Å². The summed E-state index contributed by atoms with van der Waals surface area (Å²) in [5.74, 6) is -5.55. The summed E-state index contributed by atoms with van der Waals surface area (Å²) < 4.78 is 83.3. The van der Waals surface area contributed by atoms with Crippen LogP contribution in [0.15, 0.2) is 48.7 Å². The summed E-state index contributed by atoms with van der Waals surface area (Å²) >= 11 is 0. The van der Waals surface area contributed by atoms with Crippen molar-refractivity contribution in [2.75, 3.05) is 5.32 Å². The van der Waals surface area contributed by atoms with Crippen molar-refractivity contribution >= 4 is 16.6 Å². The molecular formula is C21H16F6N2. The number of pyridine rings is 1. The van der Waals surface area contributed by atoms with Gasteiger partial charge in [-0.25, -0.2) is 18.2 Å². The molecule has 1 N–H and O–H groups in total. The highest BCUT2D eigenvalue weighted by Crippen LogP contribution is 2.50. The maximum atomic E-state index is 14.2. The largest absolute Gasteiger partial charge is 0.420 e. The molecule has 0 atom stereocenters. The lowest BCUT2D eigenvalue weighted by Crippen LogP contribution is -2.18. The van der Waals surface area contributed by atoms with Gasteiger partial charge in [0.1, 0.15) is 17.2 Å². The van der Waals surface area contributed by atoms with Gasteiger partial charge in [0.25, 0.3) is 5.92 Å². The van der Waals surface area contributed by atoms with Gasteiger partial charge in [-0.2, -0.15) is 13.2 Å². The normalized spacial score (nSPS) is 15.0. The molecule has 8 heteroatoms. The molecule has 0 aliphatic heterocycles. The number of alkyl halides is 5. The Labute approximate surface area is 162 Å². The van der Waals surface area contributed by atoms with E-state index < -0.39 is 40.8 Å². The summed E-state index contributed by atoms with van der Waals surface area (Å²) in [6.07, 6.45) is -2.64. The van der Waals surface area contributed by atoms with Crippen molar-refractivity contribution in [1.82, 2.24) is 4.98 Å². The van der Waals surface area contributed by atoms with Crippen LogP contribution in [0.4, 0.5) is 32.2 Å². The van der Waals surface area contributed by atoms with E-state index in [2.05, 4.69) is 10.3 Å². The average Bonchev–Trinajstić information content (AvgIpc) is 3.50. The summed E-state index contributed by atoms with van der Waals surface area (Å²) in [5, 5.41) is 2.89. The highest BCUT2D eigenvalue weighted by atomic mass is 19.4. The summed E-state index contributed by atoms with van der Waals surface area (Å²) in [5.41, 5.74) is -1.36. The van der Waals surface area contributed by atoms with Gasteiger partial charge in [0.2, 0.25) is 0 Å². The number of benzene rings is 2. The minimum atomic E-state index is -4.66. The molecule has 1 saturated carbocycles. The van der Waals surface area contributed by atoms with E-state index in [0.29, 0.717) is 18.2 Å². The maximum Gasteiger partial charge on any atom is 0.420 e. The van der Waals surface area contributed by atoms with E-state index >= 15 is 0 Å². The summed E-state index contributed by atoms with van der Waals surface area (Å²) in [7, 11) is 0. The van der Waals surface area contributed by atoms with Crippen LogP contribution in [0.2, 0.25) is 0 Å². The van der Waals surface area contributed by atoms with Gasteiger partial charge < -0.3 is 5.32 Å². The van der Waals surface area contributed by atoms with E-state index in [1.54, 1.807) is 6.07 Å². The van der Waals surface area contributed by atoms with Crippen LogP contribution >= 0.6 is 0 Å². The molecule has 0 saturated heterocycles. The molecule has 29 heavy (non-hydrogen) atoms. The summed E-state index contributed by atoms with van der Waals surface area (Å²) in [6.45, 7) is -0.194. The molecule has 1 aliphatic carbocycles. The molecule has 1 fully saturated rings. The first-order valence-electron chi connectivity index (χ1n) is 9.03. The number of fused-ring (bicyclic) bond motifs is 1. The third-order valence-electron chi connectivity index (χ3n) is 5.03. The van der Waals surface area contributed by atoms with Crippen LogP contribution in [-0.4, -0.2) is 4.98 Å². The van der Waals surface area contributed by atoms with Crippen LogP contribution in [0.3, 0.4) is 0 Å². The molecule has 1 aromatic heterocycles. The van der Waals surface area contributed by atoms with Crippen LogP contribution in [0.25, 0.3) is 10.8 Å². The van der Waals surface area contributed by atoms with Crippen LogP contribution in [-0.2, 0) is 18.6 Å². The van der Waals surface area contributed by atoms with Crippen molar-refractivity contribution in [2.45, 2.75) is 31.5 Å². The molecule has 3 aromatic rings. The van der Waals surface area contributed by atoms with Gasteiger partial charge in [-0.05, 0) is 35.9 Å². The fourth-order valence-electron chi connectivity index (χ4n) is 3.37. The lowest BCUT2D eigenvalue weighted by atomic mass is 10.0. The Morgan fingerprint density at radius 1 is 1.00 bits per heavy atom. The lowest BCUT2D eigenvalue weighted by molar-refractivity contribution is -0.135. The zero-order chi connectivity index (χ0) is 20.8. The smallest absolute Gasteiger partial charge is 0.365 e. The maximum absolute atomic E-state index is 14.2. The molecule has 0 radical (unpaired) electrons. The summed E-state index contributed by atoms with van der Waals surface area (Å²) in [4.78, 5) is 3.85. The second kappa shape index (κ2) is 6.93. The Morgan fingerprint density at radius 2 is 1.72 bits per heavy atom. The van der Waals surface area contributed by atoms with Crippen LogP contribution in [0, 0.1) is 11.7 Å². The van der Waals surface area contributed by atoms with Crippen molar-refractivity contribution in [3.63, 3.8) is 0 Å². The highest BCUT2D eigenvalue weighted by Gasteiger charge is 2.49. The molecule has 0 unspecified atom stereocenters. The Balaban J connectivity index is 1.61. The fraction of sp³-hybridized carbons (Fsp3) is 0.286. The Morgan fingerprint density at radius 3 is 2.38 bits per heavy atom. The SMILES string of the molecule is Fc1cc(CNc2ncc3ccccc3c2C(F)(F)F)ccc1C(F)(F)C1CC1. The van der Waals surface area contributed by atoms with Gasteiger partial charge in [-0.3, -0.25) is 0 Å². The average molecular weight is 410 g/mol. The zero-order valence-electron chi connectivity index (χ0n) is 15.0. The molecule has 0 amide bonds. The quantitative estimate of drug-likeness (QED) is 0.485. The van der Waals surface area contributed by atoms with Crippen molar-refractivity contribution < 1.29 is 26.3 Å². The van der Waals surface area contributed by atoms with E-state index in [-0.39, 0.29) is 17.5 Å². The highest BCUT2D eigenvalue weighted by molar-refractivity contribution is 5.88. The molecule has 2 nitrogen and oxygen atoms in total. The predicted molar refractivity (Wildman–Crippen MR) is 97.1 cm³/mol. The molecule has 0 bridgehead atoms. The first-order chi connectivity index (χ1) is 13.7. The molecule has 4 rings (SSSR count). The van der Waals surface area contributed by atoms with Crippen molar-refractivity contribution in [2.24, 2.45) is 5.92 Å². The minimum absolute atomic E-state index is 0.0110. The van der Waals surface area contributed by atoms with E-state index in [9.17, 15) is 26.3 Å². The van der Waals surface area contributed by atoms with Crippen LogP contribution in [0.5, 0.6) is 0 Å². The molecule has 1 aliphatic rings. The molecule has 2 aromatic carbocycles. The molecule has 0 spiro atoms. The number of aromatic nitrogens is 1. The molecule has 1 heterocycles. The first kappa shape index (κ1) is 19.5. The number of nitrogens with one attached hydrogen (secondary N) is 1. The summed E-state index contributed by atoms with van der Waals surface area (Å²) in [6, 6.07) is 9.19. The molecular weight excluding hydrogens is 394 g/mol. The minimum Gasteiger partial charge on any atom is -0.365 e. The van der Waals surface area contributed by atoms with Gasteiger partial charge in [-0.15, -0.1) is 0 Å². The Bertz CT molecular complexity index is 1060. The van der Waals surface area contributed by atoms with Crippen LogP contribution < -0.4 is 5.32 Å². The monoisotopic (exact) mass is 410 g/mol. The van der Waals surface area contributed by atoms with Crippen molar-refractivity contribution in [3.05, 3.63) is 71.2 Å². The third kappa shape index (κ3) is 3.75. The number of rotatable bonds is 5.